The predicted octanol–water partition coefficient (Wildman–Crippen LogP) is 2.57. The number of aromatic hydroxyl groups is 1. The third-order valence-corrected chi connectivity index (χ3v) is 2.83. The van der Waals surface area contributed by atoms with Crippen molar-refractivity contribution in [2.24, 2.45) is 0 Å². The maximum atomic E-state index is 11.3. The van der Waals surface area contributed by atoms with E-state index in [0.29, 0.717) is 11.1 Å². The molecule has 2 rings (SSSR count). The molecular weight excluding hydrogens is 296 g/mol. The van der Waals surface area contributed by atoms with Gasteiger partial charge in [-0.25, -0.2) is 14.8 Å². The van der Waals surface area contributed by atoms with E-state index in [-0.39, 0.29) is 22.3 Å². The van der Waals surface area contributed by atoms with E-state index in [1.165, 1.54) is 37.6 Å². The van der Waals surface area contributed by atoms with E-state index >= 15 is 0 Å². The van der Waals surface area contributed by atoms with Gasteiger partial charge in [-0.15, -0.1) is 0 Å². The normalized spacial score (nSPS) is 11.2. The van der Waals surface area contributed by atoms with E-state index in [0.717, 1.165) is 6.26 Å². The van der Waals surface area contributed by atoms with Crippen molar-refractivity contribution in [1.82, 2.24) is 9.97 Å². The number of aromatic nitrogens is 2. The molecule has 0 saturated heterocycles. The number of phenolic OH excluding ortho intramolecular Hbond substituents is 1. The van der Waals surface area contributed by atoms with Gasteiger partial charge in [-0.3, -0.25) is 0 Å². The van der Waals surface area contributed by atoms with Gasteiger partial charge < -0.3 is 14.9 Å². The first-order valence-electron chi connectivity index (χ1n) is 5.81. The topological polar surface area (TPSA) is 92.5 Å². The van der Waals surface area contributed by atoms with Crippen molar-refractivity contribution in [2.45, 2.75) is 0 Å². The van der Waals surface area contributed by atoms with Gasteiger partial charge in [-0.05, 0) is 24.3 Å². The number of carboxylic acid groups (broad SMARTS) is 1. The first-order valence-corrected chi connectivity index (χ1v) is 6.19. The molecule has 1 aromatic carbocycles. The number of benzene rings is 1. The van der Waals surface area contributed by atoms with Crippen LogP contribution in [0.1, 0.15) is 5.56 Å². The number of aliphatic carboxylic acids is 1. The Morgan fingerprint density at radius 2 is 2.14 bits per heavy atom. The number of rotatable bonds is 4. The number of phenols is 1. The lowest BCUT2D eigenvalue weighted by Crippen LogP contribution is -2.03. The lowest BCUT2D eigenvalue weighted by Gasteiger charge is -2.10. The Morgan fingerprint density at radius 3 is 2.76 bits per heavy atom. The highest BCUT2D eigenvalue weighted by atomic mass is 35.5. The van der Waals surface area contributed by atoms with Gasteiger partial charge in [0.15, 0.2) is 5.82 Å². The number of methoxy groups -OCH3 is 1. The van der Waals surface area contributed by atoms with Gasteiger partial charge in [0, 0.05) is 17.3 Å². The molecule has 2 aromatic rings. The van der Waals surface area contributed by atoms with Crippen LogP contribution in [0.5, 0.6) is 5.75 Å². The molecule has 0 fully saturated rings. The van der Waals surface area contributed by atoms with Crippen LogP contribution in [0.15, 0.2) is 36.7 Å². The van der Waals surface area contributed by atoms with E-state index in [1.54, 1.807) is 0 Å². The molecule has 0 aliphatic heterocycles. The molecule has 1 aromatic heterocycles. The second-order valence-electron chi connectivity index (χ2n) is 4.01. The van der Waals surface area contributed by atoms with Crippen LogP contribution >= 0.6 is 11.6 Å². The van der Waals surface area contributed by atoms with Crippen molar-refractivity contribution in [2.75, 3.05) is 7.11 Å². The number of nitrogens with zero attached hydrogens (tertiary/aromatic N) is 2. The Balaban J connectivity index is 2.68. The molecule has 2 N–H and O–H groups in total. The number of carboxylic acids is 1. The van der Waals surface area contributed by atoms with E-state index in [4.69, 9.17) is 16.3 Å². The summed E-state index contributed by atoms with van der Waals surface area (Å²) in [6, 6.07) is 5.69. The monoisotopic (exact) mass is 306 g/mol. The summed E-state index contributed by atoms with van der Waals surface area (Å²) >= 11 is 5.82. The fourth-order valence-electron chi connectivity index (χ4n) is 1.77. The Hall–Kier alpha value is -2.60. The summed E-state index contributed by atoms with van der Waals surface area (Å²) in [6.45, 7) is 0. The molecule has 108 valence electrons. The second kappa shape index (κ2) is 6.23. The fourth-order valence-corrected chi connectivity index (χ4v) is 1.90. The first kappa shape index (κ1) is 14.8. The largest absolute Gasteiger partial charge is 0.508 e. The molecular formula is C14H11ClN2O4. The quantitative estimate of drug-likeness (QED) is 0.512. The van der Waals surface area contributed by atoms with Crippen LogP contribution < -0.4 is 0 Å². The van der Waals surface area contributed by atoms with E-state index in [9.17, 15) is 15.0 Å². The highest BCUT2D eigenvalue weighted by molar-refractivity contribution is 6.29. The number of halogens is 1. The van der Waals surface area contributed by atoms with Crippen molar-refractivity contribution in [3.63, 3.8) is 0 Å². The van der Waals surface area contributed by atoms with Crippen molar-refractivity contribution in [3.05, 3.63) is 47.4 Å². The summed E-state index contributed by atoms with van der Waals surface area (Å²) in [4.78, 5) is 19.4. The predicted molar refractivity (Wildman–Crippen MR) is 76.8 cm³/mol. The molecule has 0 atom stereocenters. The molecule has 0 bridgehead atoms. The van der Waals surface area contributed by atoms with Crippen LogP contribution in [0.4, 0.5) is 0 Å². The zero-order valence-corrected chi connectivity index (χ0v) is 11.7. The minimum absolute atomic E-state index is 0.0421. The van der Waals surface area contributed by atoms with Gasteiger partial charge in [0.1, 0.15) is 16.5 Å². The lowest BCUT2D eigenvalue weighted by atomic mass is 9.99. The summed E-state index contributed by atoms with van der Waals surface area (Å²) < 4.78 is 4.79. The Kier molecular flexibility index (Phi) is 4.39. The van der Waals surface area contributed by atoms with Crippen LogP contribution in [0, 0.1) is 0 Å². The van der Waals surface area contributed by atoms with Crippen molar-refractivity contribution >= 4 is 23.1 Å². The summed E-state index contributed by atoms with van der Waals surface area (Å²) in [6.07, 6.45) is 2.54. The zero-order valence-electron chi connectivity index (χ0n) is 10.9. The van der Waals surface area contributed by atoms with Gasteiger partial charge in [0.25, 0.3) is 0 Å². The average Bonchev–Trinajstić information content (AvgIpc) is 2.45. The first-order chi connectivity index (χ1) is 10.0. The molecule has 0 aliphatic carbocycles. The minimum atomic E-state index is -1.18. The highest BCUT2D eigenvalue weighted by Gasteiger charge is 2.18. The van der Waals surface area contributed by atoms with Gasteiger partial charge in [-0.1, -0.05) is 11.6 Å². The summed E-state index contributed by atoms with van der Waals surface area (Å²) in [5.74, 6) is -1.01. The molecule has 7 heteroatoms. The van der Waals surface area contributed by atoms with Crippen molar-refractivity contribution in [3.8, 4) is 17.1 Å². The van der Waals surface area contributed by atoms with Crippen LogP contribution in [0.2, 0.25) is 5.15 Å². The molecule has 6 nitrogen and oxygen atoms in total. The lowest BCUT2D eigenvalue weighted by molar-refractivity contribution is -0.130. The van der Waals surface area contributed by atoms with E-state index in [2.05, 4.69) is 9.97 Å². The van der Waals surface area contributed by atoms with E-state index < -0.39 is 5.97 Å². The number of hydrogen-bond donors (Lipinski definition) is 2. The van der Waals surface area contributed by atoms with Crippen molar-refractivity contribution < 1.29 is 19.7 Å². The molecule has 0 radical (unpaired) electrons. The average molecular weight is 307 g/mol. The summed E-state index contributed by atoms with van der Waals surface area (Å²) in [5, 5.41) is 19.1. The summed E-state index contributed by atoms with van der Waals surface area (Å²) in [7, 11) is 1.35. The number of carbonyl (C=O) groups is 1. The third kappa shape index (κ3) is 3.29. The Labute approximate surface area is 125 Å². The van der Waals surface area contributed by atoms with E-state index in [1.807, 2.05) is 0 Å². The van der Waals surface area contributed by atoms with Crippen LogP contribution in [-0.2, 0) is 9.53 Å². The molecule has 0 saturated carbocycles. The molecule has 0 unspecified atom stereocenters. The van der Waals surface area contributed by atoms with Crippen LogP contribution in [0.3, 0.4) is 0 Å². The fraction of sp³-hybridized carbons (Fsp3) is 0.0714. The molecule has 0 spiro atoms. The highest BCUT2D eigenvalue weighted by Crippen LogP contribution is 2.30. The maximum absolute atomic E-state index is 11.3. The van der Waals surface area contributed by atoms with Crippen molar-refractivity contribution in [1.29, 1.82) is 0 Å². The smallest absolute Gasteiger partial charge is 0.339 e. The minimum Gasteiger partial charge on any atom is -0.508 e. The molecule has 21 heavy (non-hydrogen) atoms. The third-order valence-electron chi connectivity index (χ3n) is 2.62. The van der Waals surface area contributed by atoms with Gasteiger partial charge in [-0.2, -0.15) is 0 Å². The van der Waals surface area contributed by atoms with Crippen LogP contribution in [0.25, 0.3) is 17.0 Å². The molecule has 0 aliphatic rings. The number of hydrogen-bond acceptors (Lipinski definition) is 5. The zero-order chi connectivity index (χ0) is 15.4. The van der Waals surface area contributed by atoms with Gasteiger partial charge in [0.2, 0.25) is 0 Å². The van der Waals surface area contributed by atoms with Gasteiger partial charge in [0.05, 0.1) is 13.4 Å². The Bertz CT molecular complexity index is 716. The van der Waals surface area contributed by atoms with Crippen LogP contribution in [-0.4, -0.2) is 33.3 Å². The number of ether oxygens (including phenoxy) is 1. The Morgan fingerprint density at radius 1 is 1.38 bits per heavy atom. The van der Waals surface area contributed by atoms with Gasteiger partial charge >= 0.3 is 5.97 Å². The SMILES string of the molecule is CO/C=C(/C(=O)O)c1ccc(O)cc1-c1nccc(Cl)n1. The summed E-state index contributed by atoms with van der Waals surface area (Å²) in [5.41, 5.74) is 0.559. The standard InChI is InChI=1S/C14H11ClN2O4/c1-21-7-11(14(19)20)9-3-2-8(18)6-10(9)13-16-5-4-12(15)17-13/h2-7,18H,1H3,(H,19,20)/b11-7+. The second-order valence-corrected chi connectivity index (χ2v) is 4.39. The maximum Gasteiger partial charge on any atom is 0.339 e. The molecule has 1 heterocycles. The molecule has 0 amide bonds.